The fourth-order valence-electron chi connectivity index (χ4n) is 4.34. The number of carbonyl (C=O) groups excluding carboxylic acids is 1. The third kappa shape index (κ3) is 4.48. The molecule has 2 aliphatic rings. The zero-order valence-corrected chi connectivity index (χ0v) is 19.0. The maximum Gasteiger partial charge on any atom is 0.416 e. The molecule has 3 aromatic rings. The van der Waals surface area contributed by atoms with Crippen LogP contribution >= 0.6 is 0 Å². The standard InChI is InChI=1S/C25H22F4N6O/c26-21-16-8-9-35(19(36)11-13-2-1-3-14(10-13)25(27,28)29)18(16)7-6-17(21)22(30)20-23(31)32-12-33-24(20)34-15-4-5-15/h1-3,6-7,10,12,15,30H,4-5,8-9,11H2,(H3,31,32,33,34). The number of benzene rings is 2. The molecule has 2 aromatic carbocycles. The maximum absolute atomic E-state index is 15.6. The molecule has 4 N–H and O–H groups in total. The first kappa shape index (κ1) is 23.7. The highest BCUT2D eigenvalue weighted by Gasteiger charge is 2.33. The highest BCUT2D eigenvalue weighted by atomic mass is 19.4. The van der Waals surface area contributed by atoms with Crippen LogP contribution in [0.1, 0.15) is 40.7 Å². The molecule has 186 valence electrons. The molecular weight excluding hydrogens is 476 g/mol. The molecule has 7 nitrogen and oxygen atoms in total. The van der Waals surface area contributed by atoms with Crippen LogP contribution in [-0.4, -0.2) is 34.2 Å². The number of fused-ring (bicyclic) bond motifs is 1. The van der Waals surface area contributed by atoms with Crippen LogP contribution in [-0.2, 0) is 23.8 Å². The fraction of sp³-hybridized carbons (Fsp3) is 0.280. The lowest BCUT2D eigenvalue weighted by Crippen LogP contribution is -2.30. The van der Waals surface area contributed by atoms with Crippen LogP contribution in [0.4, 0.5) is 34.9 Å². The van der Waals surface area contributed by atoms with E-state index in [-0.39, 0.29) is 59.2 Å². The van der Waals surface area contributed by atoms with Crippen LogP contribution < -0.4 is 16.0 Å². The van der Waals surface area contributed by atoms with Gasteiger partial charge in [0, 0.05) is 29.4 Å². The largest absolute Gasteiger partial charge is 0.416 e. The van der Waals surface area contributed by atoms with Gasteiger partial charge in [0.15, 0.2) is 0 Å². The van der Waals surface area contributed by atoms with E-state index in [4.69, 9.17) is 11.1 Å². The molecule has 1 aliphatic heterocycles. The van der Waals surface area contributed by atoms with E-state index >= 15 is 4.39 Å². The van der Waals surface area contributed by atoms with Crippen molar-refractivity contribution < 1.29 is 22.4 Å². The van der Waals surface area contributed by atoms with Gasteiger partial charge in [-0.1, -0.05) is 18.2 Å². The van der Waals surface area contributed by atoms with E-state index in [2.05, 4.69) is 15.3 Å². The van der Waals surface area contributed by atoms with Gasteiger partial charge in [-0.25, -0.2) is 14.4 Å². The second kappa shape index (κ2) is 8.89. The second-order valence-corrected chi connectivity index (χ2v) is 8.87. The number of aromatic nitrogens is 2. The zero-order valence-electron chi connectivity index (χ0n) is 19.0. The number of anilines is 3. The average Bonchev–Trinajstić information content (AvgIpc) is 3.53. The van der Waals surface area contributed by atoms with Crippen LogP contribution in [0.5, 0.6) is 0 Å². The summed E-state index contributed by atoms with van der Waals surface area (Å²) in [5.74, 6) is -0.664. The van der Waals surface area contributed by atoms with Crippen LogP contribution in [0, 0.1) is 11.2 Å². The minimum absolute atomic E-state index is 0.00118. The Morgan fingerprint density at radius 1 is 1.19 bits per heavy atom. The number of nitrogens with zero attached hydrogens (tertiary/aromatic N) is 3. The summed E-state index contributed by atoms with van der Waals surface area (Å²) in [6.07, 6.45) is -1.34. The molecule has 36 heavy (non-hydrogen) atoms. The van der Waals surface area contributed by atoms with Crippen LogP contribution in [0.25, 0.3) is 0 Å². The minimum atomic E-state index is -4.51. The number of nitrogens with one attached hydrogen (secondary N) is 2. The minimum Gasteiger partial charge on any atom is -0.383 e. The van der Waals surface area contributed by atoms with Gasteiger partial charge < -0.3 is 16.0 Å². The van der Waals surface area contributed by atoms with Gasteiger partial charge in [0.1, 0.15) is 23.8 Å². The van der Waals surface area contributed by atoms with E-state index in [0.29, 0.717) is 11.5 Å². The predicted octanol–water partition coefficient (Wildman–Crippen LogP) is 4.34. The molecule has 1 saturated carbocycles. The lowest BCUT2D eigenvalue weighted by Gasteiger charge is -2.19. The van der Waals surface area contributed by atoms with E-state index in [1.165, 1.54) is 29.4 Å². The van der Waals surface area contributed by atoms with Crippen LogP contribution in [0.3, 0.4) is 0 Å². The van der Waals surface area contributed by atoms with Crippen molar-refractivity contribution in [3.8, 4) is 0 Å². The highest BCUT2D eigenvalue weighted by Crippen LogP contribution is 2.35. The summed E-state index contributed by atoms with van der Waals surface area (Å²) in [5.41, 5.74) is 6.04. The van der Waals surface area contributed by atoms with Gasteiger partial charge in [0.05, 0.1) is 23.3 Å². The summed E-state index contributed by atoms with van der Waals surface area (Å²) >= 11 is 0. The Morgan fingerprint density at radius 2 is 1.97 bits per heavy atom. The number of rotatable bonds is 6. The molecule has 1 aromatic heterocycles. The van der Waals surface area contributed by atoms with Crippen molar-refractivity contribution in [2.75, 3.05) is 22.5 Å². The smallest absolute Gasteiger partial charge is 0.383 e. The monoisotopic (exact) mass is 498 g/mol. The Balaban J connectivity index is 1.40. The fourth-order valence-corrected chi connectivity index (χ4v) is 4.34. The number of hydrogen-bond donors (Lipinski definition) is 3. The van der Waals surface area contributed by atoms with Crippen molar-refractivity contribution in [3.63, 3.8) is 0 Å². The first-order chi connectivity index (χ1) is 17.1. The SMILES string of the molecule is N=C(c1ccc2c(c1F)CCN2C(=O)Cc1cccc(C(F)(F)F)c1)c1c(N)ncnc1NC1CC1. The average molecular weight is 498 g/mol. The summed E-state index contributed by atoms with van der Waals surface area (Å²) in [7, 11) is 0. The van der Waals surface area contributed by atoms with Gasteiger partial charge in [0.2, 0.25) is 5.91 Å². The van der Waals surface area contributed by atoms with Gasteiger partial charge in [-0.2, -0.15) is 13.2 Å². The number of nitrogens with two attached hydrogens (primary N) is 1. The summed E-state index contributed by atoms with van der Waals surface area (Å²) in [6.45, 7) is 0.186. The first-order valence-electron chi connectivity index (χ1n) is 11.4. The lowest BCUT2D eigenvalue weighted by atomic mass is 9.98. The quantitative estimate of drug-likeness (QED) is 0.346. The highest BCUT2D eigenvalue weighted by molar-refractivity contribution is 6.16. The molecule has 5 rings (SSSR count). The van der Waals surface area contributed by atoms with Gasteiger partial charge in [0.25, 0.3) is 0 Å². The van der Waals surface area contributed by atoms with Crippen molar-refractivity contribution >= 4 is 28.9 Å². The Hall–Kier alpha value is -4.02. The molecule has 2 heterocycles. The Kier molecular flexibility index (Phi) is 5.85. The van der Waals surface area contributed by atoms with E-state index in [9.17, 15) is 18.0 Å². The molecule has 11 heteroatoms. The third-order valence-corrected chi connectivity index (χ3v) is 6.32. The van der Waals surface area contributed by atoms with Crippen molar-refractivity contribution in [1.29, 1.82) is 5.41 Å². The van der Waals surface area contributed by atoms with Gasteiger partial charge >= 0.3 is 6.18 Å². The number of hydrogen-bond acceptors (Lipinski definition) is 6. The zero-order chi connectivity index (χ0) is 25.6. The van der Waals surface area contributed by atoms with E-state index < -0.39 is 23.5 Å². The second-order valence-electron chi connectivity index (χ2n) is 8.87. The molecule has 0 saturated heterocycles. The van der Waals surface area contributed by atoms with Crippen LogP contribution in [0.15, 0.2) is 42.7 Å². The Labute approximate surface area is 203 Å². The van der Waals surface area contributed by atoms with Crippen LogP contribution in [0.2, 0.25) is 0 Å². The molecular formula is C25H22F4N6O. The summed E-state index contributed by atoms with van der Waals surface area (Å²) in [5, 5.41) is 11.9. The number of carbonyl (C=O) groups is 1. The number of halogens is 4. The number of alkyl halides is 3. The van der Waals surface area contributed by atoms with E-state index in [0.717, 1.165) is 25.0 Å². The number of amides is 1. The van der Waals surface area contributed by atoms with Crippen molar-refractivity contribution in [3.05, 3.63) is 76.4 Å². The van der Waals surface area contributed by atoms with Crippen molar-refractivity contribution in [1.82, 2.24) is 9.97 Å². The van der Waals surface area contributed by atoms with E-state index in [1.807, 2.05) is 0 Å². The van der Waals surface area contributed by atoms with Crippen molar-refractivity contribution in [2.45, 2.75) is 37.9 Å². The Morgan fingerprint density at radius 3 is 2.69 bits per heavy atom. The van der Waals surface area contributed by atoms with Gasteiger partial charge in [-0.3, -0.25) is 10.2 Å². The van der Waals surface area contributed by atoms with Crippen molar-refractivity contribution in [2.24, 2.45) is 0 Å². The predicted molar refractivity (Wildman–Crippen MR) is 127 cm³/mol. The summed E-state index contributed by atoms with van der Waals surface area (Å²) in [4.78, 5) is 22.4. The van der Waals surface area contributed by atoms with Gasteiger partial charge in [-0.05, 0) is 43.0 Å². The topological polar surface area (TPSA) is 108 Å². The van der Waals surface area contributed by atoms with E-state index in [1.54, 1.807) is 6.07 Å². The molecule has 0 spiro atoms. The first-order valence-corrected chi connectivity index (χ1v) is 11.4. The summed E-state index contributed by atoms with van der Waals surface area (Å²) in [6, 6.07) is 7.78. The molecule has 0 unspecified atom stereocenters. The summed E-state index contributed by atoms with van der Waals surface area (Å²) < 4.78 is 54.6. The molecule has 0 radical (unpaired) electrons. The number of nitrogen functional groups attached to an aromatic ring is 1. The third-order valence-electron chi connectivity index (χ3n) is 6.32. The normalized spacial score (nSPS) is 15.1. The molecule has 1 aliphatic carbocycles. The van der Waals surface area contributed by atoms with Gasteiger partial charge in [-0.15, -0.1) is 0 Å². The molecule has 0 atom stereocenters. The molecule has 1 fully saturated rings. The lowest BCUT2D eigenvalue weighted by molar-refractivity contribution is -0.137. The molecule has 0 bridgehead atoms. The molecule has 1 amide bonds. The Bertz CT molecular complexity index is 1370. The maximum atomic E-state index is 15.6.